The minimum absolute atomic E-state index is 0.0159. The van der Waals surface area contributed by atoms with Crippen LogP contribution in [0.25, 0.3) is 0 Å². The molecule has 0 saturated heterocycles. The molecule has 4 aliphatic rings. The van der Waals surface area contributed by atoms with E-state index in [1.807, 2.05) is 44.2 Å². The number of rotatable bonds is 6. The second kappa shape index (κ2) is 9.21. The van der Waals surface area contributed by atoms with Crippen molar-refractivity contribution in [2.24, 2.45) is 33.2 Å². The average molecular weight is 512 g/mol. The highest BCUT2D eigenvalue weighted by atomic mass is 16.6. The van der Waals surface area contributed by atoms with Crippen molar-refractivity contribution in [2.45, 2.75) is 84.0 Å². The van der Waals surface area contributed by atoms with Crippen molar-refractivity contribution in [1.82, 2.24) is 0 Å². The minimum Gasteiger partial charge on any atom is -0.490 e. The molecule has 37 heavy (non-hydrogen) atoms. The number of para-hydroxylation sites is 1. The second-order valence-electron chi connectivity index (χ2n) is 12.4. The Labute approximate surface area is 219 Å². The third kappa shape index (κ3) is 3.88. The Hall–Kier alpha value is -2.22. The monoisotopic (exact) mass is 511 g/mol. The Morgan fingerprint density at radius 2 is 1.70 bits per heavy atom. The van der Waals surface area contributed by atoms with Crippen LogP contribution in [0.1, 0.15) is 66.2 Å². The quantitative estimate of drug-likeness (QED) is 0.302. The van der Waals surface area contributed by atoms with Crippen LogP contribution in [0, 0.1) is 28.1 Å². The molecule has 202 valence electrons. The van der Waals surface area contributed by atoms with E-state index in [9.17, 15) is 20.1 Å². The molecule has 3 N–H and O–H groups in total. The molecule has 1 unspecified atom stereocenters. The number of carbonyl (C=O) groups is 1. The summed E-state index contributed by atoms with van der Waals surface area (Å²) >= 11 is 0. The first kappa shape index (κ1) is 26.4. The summed E-state index contributed by atoms with van der Waals surface area (Å²) in [5, 5.41) is 37.7. The van der Waals surface area contributed by atoms with E-state index in [-0.39, 0.29) is 24.0 Å². The average Bonchev–Trinajstić information content (AvgIpc) is 3.14. The Balaban J connectivity index is 1.34. The fraction of sp³-hybridized carbons (Fsp3) is 0.667. The first-order valence-corrected chi connectivity index (χ1v) is 13.7. The minimum atomic E-state index is -1.12. The number of aliphatic hydroxyl groups is 3. The maximum absolute atomic E-state index is 13.6. The highest BCUT2D eigenvalue weighted by Gasteiger charge is 2.69. The van der Waals surface area contributed by atoms with Gasteiger partial charge in [-0.1, -0.05) is 44.1 Å². The summed E-state index contributed by atoms with van der Waals surface area (Å²) in [5.41, 5.74) is -1.19. The number of oxime groups is 1. The van der Waals surface area contributed by atoms with E-state index >= 15 is 0 Å². The third-order valence-electron chi connectivity index (χ3n) is 10.8. The molecular formula is C30H41NO6. The zero-order chi connectivity index (χ0) is 26.6. The van der Waals surface area contributed by atoms with E-state index in [1.165, 1.54) is 0 Å². The van der Waals surface area contributed by atoms with Crippen molar-refractivity contribution in [2.75, 3.05) is 13.2 Å². The van der Waals surface area contributed by atoms with Crippen molar-refractivity contribution < 1.29 is 29.7 Å². The van der Waals surface area contributed by atoms with Gasteiger partial charge < -0.3 is 24.9 Å². The SMILES string of the molecule is C/C(=N/OCCOc1ccccc1)[C@H]1CC[C@@]2(O)C3=CC(=O)[C@]4(C)C[C@@H](O)[C@@H](O)C[C@]4(C)C3CC[C@]12C. The van der Waals surface area contributed by atoms with Crippen molar-refractivity contribution in [3.8, 4) is 5.75 Å². The summed E-state index contributed by atoms with van der Waals surface area (Å²) in [6.45, 7) is 8.81. The maximum atomic E-state index is 13.6. The number of ether oxygens (including phenoxy) is 1. The first-order valence-electron chi connectivity index (χ1n) is 13.7. The highest BCUT2D eigenvalue weighted by Crippen LogP contribution is 2.69. The number of hydrogen-bond acceptors (Lipinski definition) is 7. The topological polar surface area (TPSA) is 109 Å². The van der Waals surface area contributed by atoms with Gasteiger partial charge in [0.1, 0.15) is 12.4 Å². The number of aliphatic hydroxyl groups excluding tert-OH is 2. The number of allylic oxidation sites excluding steroid dienone is 1. The third-order valence-corrected chi connectivity index (χ3v) is 10.8. The molecular weight excluding hydrogens is 470 g/mol. The van der Waals surface area contributed by atoms with E-state index in [0.29, 0.717) is 26.1 Å². The van der Waals surface area contributed by atoms with Gasteiger partial charge in [-0.2, -0.15) is 0 Å². The maximum Gasteiger partial charge on any atom is 0.162 e. The van der Waals surface area contributed by atoms with Crippen LogP contribution in [0.4, 0.5) is 0 Å². The van der Waals surface area contributed by atoms with E-state index < -0.39 is 34.1 Å². The standard InChI is InChI=1S/C30H41NO6/c1-19(31-37-15-14-36-20-8-6-5-7-9-20)21-11-13-30(35)23-16-26(34)29(4)18-25(33)24(32)17-28(29,3)22(23)10-12-27(21,30)2/h5-9,16,21-22,24-25,32-33,35H,10-15,17-18H2,1-4H3/b31-19-/t21-,22?,24+,25-,27-,28-,29+,30-/m1/s1. The molecule has 7 nitrogen and oxygen atoms in total. The van der Waals surface area contributed by atoms with Crippen molar-refractivity contribution in [3.63, 3.8) is 0 Å². The normalized spacial score (nSPS) is 43.4. The van der Waals surface area contributed by atoms with Gasteiger partial charge in [-0.25, -0.2) is 0 Å². The summed E-state index contributed by atoms with van der Waals surface area (Å²) in [4.78, 5) is 19.2. The molecule has 0 aliphatic heterocycles. The molecule has 3 fully saturated rings. The molecule has 1 aromatic carbocycles. The predicted octanol–water partition coefficient (Wildman–Crippen LogP) is 4.05. The van der Waals surface area contributed by atoms with E-state index in [2.05, 4.69) is 19.0 Å². The molecule has 7 heteroatoms. The fourth-order valence-corrected chi connectivity index (χ4v) is 8.26. The Kier molecular flexibility index (Phi) is 6.57. The van der Waals surface area contributed by atoms with Crippen LogP contribution >= 0.6 is 0 Å². The first-order chi connectivity index (χ1) is 17.5. The Morgan fingerprint density at radius 3 is 2.43 bits per heavy atom. The van der Waals surface area contributed by atoms with Gasteiger partial charge in [0, 0.05) is 16.7 Å². The number of ketones is 1. The lowest BCUT2D eigenvalue weighted by atomic mass is 9.41. The molecule has 0 spiro atoms. The molecule has 8 atom stereocenters. The number of benzene rings is 1. The van der Waals surface area contributed by atoms with Crippen LogP contribution in [-0.2, 0) is 9.63 Å². The van der Waals surface area contributed by atoms with Crippen LogP contribution in [0.5, 0.6) is 5.75 Å². The van der Waals surface area contributed by atoms with Gasteiger partial charge in [0.05, 0.1) is 23.5 Å². The van der Waals surface area contributed by atoms with Gasteiger partial charge >= 0.3 is 0 Å². The zero-order valence-corrected chi connectivity index (χ0v) is 22.4. The second-order valence-corrected chi connectivity index (χ2v) is 12.4. The lowest BCUT2D eigenvalue weighted by Crippen LogP contribution is -2.64. The summed E-state index contributed by atoms with van der Waals surface area (Å²) in [5.74, 6) is 0.764. The van der Waals surface area contributed by atoms with Gasteiger partial charge in [-0.05, 0) is 80.6 Å². The molecule has 3 saturated carbocycles. The molecule has 4 aliphatic carbocycles. The lowest BCUT2D eigenvalue weighted by molar-refractivity contribution is -0.174. The molecule has 1 aromatic rings. The zero-order valence-electron chi connectivity index (χ0n) is 22.4. The molecule has 5 rings (SSSR count). The van der Waals surface area contributed by atoms with Gasteiger partial charge in [0.15, 0.2) is 12.4 Å². The number of fused-ring (bicyclic) bond motifs is 5. The van der Waals surface area contributed by atoms with Crippen LogP contribution < -0.4 is 4.74 Å². The number of carbonyl (C=O) groups excluding carboxylic acids is 1. The van der Waals surface area contributed by atoms with Gasteiger partial charge in [0.2, 0.25) is 0 Å². The molecule has 0 radical (unpaired) electrons. The molecule has 0 amide bonds. The molecule has 0 heterocycles. The summed E-state index contributed by atoms with van der Waals surface area (Å²) in [6, 6.07) is 9.58. The van der Waals surface area contributed by atoms with Crippen molar-refractivity contribution in [3.05, 3.63) is 42.0 Å². The van der Waals surface area contributed by atoms with Gasteiger partial charge in [0.25, 0.3) is 0 Å². The lowest BCUT2D eigenvalue weighted by Gasteiger charge is -2.63. The van der Waals surface area contributed by atoms with E-state index in [4.69, 9.17) is 9.57 Å². The van der Waals surface area contributed by atoms with Crippen molar-refractivity contribution in [1.29, 1.82) is 0 Å². The van der Waals surface area contributed by atoms with E-state index in [0.717, 1.165) is 36.3 Å². The highest BCUT2D eigenvalue weighted by molar-refractivity contribution is 5.98. The van der Waals surface area contributed by atoms with Crippen LogP contribution in [0.2, 0.25) is 0 Å². The Bertz CT molecular complexity index is 1100. The van der Waals surface area contributed by atoms with Crippen molar-refractivity contribution >= 4 is 11.5 Å². The van der Waals surface area contributed by atoms with Gasteiger partial charge in [-0.15, -0.1) is 0 Å². The molecule has 0 bridgehead atoms. The largest absolute Gasteiger partial charge is 0.490 e. The number of hydrogen-bond donors (Lipinski definition) is 3. The fourth-order valence-electron chi connectivity index (χ4n) is 8.26. The summed E-state index contributed by atoms with van der Waals surface area (Å²) in [7, 11) is 0. The smallest absolute Gasteiger partial charge is 0.162 e. The van der Waals surface area contributed by atoms with Gasteiger partial charge in [-0.3, -0.25) is 4.79 Å². The summed E-state index contributed by atoms with van der Waals surface area (Å²) < 4.78 is 5.67. The summed E-state index contributed by atoms with van der Waals surface area (Å²) in [6.07, 6.45) is 3.48. The van der Waals surface area contributed by atoms with Crippen LogP contribution in [-0.4, -0.2) is 57.8 Å². The molecule has 0 aromatic heterocycles. The number of nitrogens with zero attached hydrogens (tertiary/aromatic N) is 1. The van der Waals surface area contributed by atoms with Crippen LogP contribution in [0.15, 0.2) is 47.1 Å². The van der Waals surface area contributed by atoms with Crippen LogP contribution in [0.3, 0.4) is 0 Å². The Morgan fingerprint density at radius 1 is 1.00 bits per heavy atom. The van der Waals surface area contributed by atoms with E-state index in [1.54, 1.807) is 6.08 Å². The predicted molar refractivity (Wildman–Crippen MR) is 140 cm³/mol.